The summed E-state index contributed by atoms with van der Waals surface area (Å²) in [7, 11) is 0. The standard InChI is InChI=1S/C21H25N3O4/c1-2-27-17-9-15(10-18(11-17)28-12-13-3-4-13)19(21(25)26)24-16-7-5-14(6-8-16)20(22)23/h5-11,13,19,24H,2-4,12H2,1H3,(H3,22,23)(H,25,26)/t19-/m1/s1. The minimum atomic E-state index is -1.02. The lowest BCUT2D eigenvalue weighted by atomic mass is 10.1. The maximum Gasteiger partial charge on any atom is 0.330 e. The second-order valence-corrected chi connectivity index (χ2v) is 6.83. The van der Waals surface area contributed by atoms with Gasteiger partial charge < -0.3 is 25.6 Å². The molecule has 1 saturated carbocycles. The van der Waals surface area contributed by atoms with Crippen molar-refractivity contribution in [1.29, 1.82) is 5.41 Å². The minimum absolute atomic E-state index is 0.0387. The average molecular weight is 383 g/mol. The third-order valence-corrected chi connectivity index (χ3v) is 4.48. The summed E-state index contributed by atoms with van der Waals surface area (Å²) in [5.41, 5.74) is 7.19. The summed E-state index contributed by atoms with van der Waals surface area (Å²) < 4.78 is 11.4. The van der Waals surface area contributed by atoms with E-state index < -0.39 is 12.0 Å². The number of nitrogen functional groups attached to an aromatic ring is 1. The number of hydrogen-bond donors (Lipinski definition) is 4. The fraction of sp³-hybridized carbons (Fsp3) is 0.333. The van der Waals surface area contributed by atoms with Gasteiger partial charge in [0.1, 0.15) is 17.3 Å². The van der Waals surface area contributed by atoms with E-state index in [0.29, 0.717) is 47.4 Å². The lowest BCUT2D eigenvalue weighted by Crippen LogP contribution is -2.21. The number of anilines is 1. The highest BCUT2D eigenvalue weighted by Gasteiger charge is 2.24. The van der Waals surface area contributed by atoms with Crippen LogP contribution in [-0.2, 0) is 4.79 Å². The number of carboxylic acid groups (broad SMARTS) is 1. The number of ether oxygens (including phenoxy) is 2. The van der Waals surface area contributed by atoms with E-state index >= 15 is 0 Å². The molecule has 0 bridgehead atoms. The van der Waals surface area contributed by atoms with Gasteiger partial charge >= 0.3 is 5.97 Å². The van der Waals surface area contributed by atoms with E-state index in [1.165, 1.54) is 12.8 Å². The van der Waals surface area contributed by atoms with Crippen LogP contribution in [-0.4, -0.2) is 30.1 Å². The van der Waals surface area contributed by atoms with Gasteiger partial charge in [-0.3, -0.25) is 5.41 Å². The molecule has 1 aliphatic carbocycles. The number of carbonyl (C=O) groups is 1. The lowest BCUT2D eigenvalue weighted by molar-refractivity contribution is -0.138. The molecule has 0 saturated heterocycles. The molecule has 0 amide bonds. The molecule has 1 atom stereocenters. The molecule has 0 spiro atoms. The van der Waals surface area contributed by atoms with Gasteiger partial charge in [-0.2, -0.15) is 0 Å². The van der Waals surface area contributed by atoms with Crippen LogP contribution in [0.3, 0.4) is 0 Å². The Morgan fingerprint density at radius 2 is 1.86 bits per heavy atom. The molecule has 1 aliphatic rings. The van der Waals surface area contributed by atoms with Gasteiger partial charge in [-0.25, -0.2) is 4.79 Å². The van der Waals surface area contributed by atoms with Crippen LogP contribution in [0.2, 0.25) is 0 Å². The van der Waals surface area contributed by atoms with Crippen LogP contribution >= 0.6 is 0 Å². The summed E-state index contributed by atoms with van der Waals surface area (Å²) in [5, 5.41) is 20.2. The van der Waals surface area contributed by atoms with Crippen LogP contribution < -0.4 is 20.5 Å². The number of rotatable bonds is 10. The zero-order valence-corrected chi connectivity index (χ0v) is 15.8. The first-order chi connectivity index (χ1) is 13.5. The predicted octanol–water partition coefficient (Wildman–Crippen LogP) is 3.40. The summed E-state index contributed by atoms with van der Waals surface area (Å²) in [6.45, 7) is 2.98. The average Bonchev–Trinajstić information content (AvgIpc) is 3.49. The Morgan fingerprint density at radius 1 is 1.21 bits per heavy atom. The van der Waals surface area contributed by atoms with Crippen LogP contribution in [0.4, 0.5) is 5.69 Å². The van der Waals surface area contributed by atoms with E-state index in [1.807, 2.05) is 6.92 Å². The van der Waals surface area contributed by atoms with Crippen molar-refractivity contribution in [3.8, 4) is 11.5 Å². The molecule has 0 unspecified atom stereocenters. The van der Waals surface area contributed by atoms with Gasteiger partial charge in [-0.15, -0.1) is 0 Å². The van der Waals surface area contributed by atoms with Crippen LogP contribution in [0.1, 0.15) is 36.9 Å². The zero-order valence-electron chi connectivity index (χ0n) is 15.8. The van der Waals surface area contributed by atoms with Crippen LogP contribution in [0, 0.1) is 11.3 Å². The predicted molar refractivity (Wildman–Crippen MR) is 107 cm³/mol. The SMILES string of the molecule is CCOc1cc(OCC2CC2)cc([C@@H](Nc2ccc(C(=N)N)cc2)C(=O)O)c1. The maximum atomic E-state index is 11.9. The summed E-state index contributed by atoms with van der Waals surface area (Å²) in [6, 6.07) is 11.0. The third kappa shape index (κ3) is 5.16. The van der Waals surface area contributed by atoms with Crippen molar-refractivity contribution in [2.45, 2.75) is 25.8 Å². The highest BCUT2D eigenvalue weighted by molar-refractivity contribution is 5.95. The molecule has 3 rings (SSSR count). The van der Waals surface area contributed by atoms with Gasteiger partial charge in [0.05, 0.1) is 13.2 Å². The zero-order chi connectivity index (χ0) is 20.1. The van der Waals surface area contributed by atoms with Crippen molar-refractivity contribution >= 4 is 17.5 Å². The maximum absolute atomic E-state index is 11.9. The molecule has 2 aromatic carbocycles. The molecule has 0 aliphatic heterocycles. The topological polar surface area (TPSA) is 118 Å². The van der Waals surface area contributed by atoms with Crippen LogP contribution in [0.15, 0.2) is 42.5 Å². The first-order valence-corrected chi connectivity index (χ1v) is 9.30. The van der Waals surface area contributed by atoms with Gasteiger partial charge in [0.15, 0.2) is 6.04 Å². The molecule has 7 nitrogen and oxygen atoms in total. The number of benzene rings is 2. The van der Waals surface area contributed by atoms with E-state index in [1.54, 1.807) is 42.5 Å². The van der Waals surface area contributed by atoms with Gasteiger partial charge in [0.2, 0.25) is 0 Å². The van der Waals surface area contributed by atoms with E-state index in [9.17, 15) is 9.90 Å². The summed E-state index contributed by atoms with van der Waals surface area (Å²) in [5.74, 6) is 0.714. The number of hydrogen-bond acceptors (Lipinski definition) is 5. The first kappa shape index (κ1) is 19.5. The minimum Gasteiger partial charge on any atom is -0.494 e. The van der Waals surface area contributed by atoms with Crippen molar-refractivity contribution < 1.29 is 19.4 Å². The smallest absolute Gasteiger partial charge is 0.330 e. The van der Waals surface area contributed by atoms with Crippen molar-refractivity contribution in [3.63, 3.8) is 0 Å². The van der Waals surface area contributed by atoms with Crippen molar-refractivity contribution in [2.75, 3.05) is 18.5 Å². The summed E-state index contributed by atoms with van der Waals surface area (Å²) in [4.78, 5) is 11.9. The van der Waals surface area contributed by atoms with Crippen LogP contribution in [0.25, 0.3) is 0 Å². The largest absolute Gasteiger partial charge is 0.494 e. The van der Waals surface area contributed by atoms with Crippen molar-refractivity contribution in [2.24, 2.45) is 11.7 Å². The molecular formula is C21H25N3O4. The second-order valence-electron chi connectivity index (χ2n) is 6.83. The number of aliphatic carboxylic acids is 1. The normalized spacial score (nSPS) is 14.2. The second kappa shape index (κ2) is 8.65. The fourth-order valence-electron chi connectivity index (χ4n) is 2.79. The Balaban J connectivity index is 1.84. The highest BCUT2D eigenvalue weighted by Crippen LogP contribution is 2.32. The van der Waals surface area contributed by atoms with Gasteiger partial charge in [0, 0.05) is 17.3 Å². The molecule has 2 aromatic rings. The number of nitrogens with two attached hydrogens (primary N) is 1. The molecule has 0 radical (unpaired) electrons. The third-order valence-electron chi connectivity index (χ3n) is 4.48. The Bertz CT molecular complexity index is 847. The first-order valence-electron chi connectivity index (χ1n) is 9.30. The monoisotopic (exact) mass is 383 g/mol. The molecule has 148 valence electrons. The quantitative estimate of drug-likeness (QED) is 0.369. The number of nitrogens with one attached hydrogen (secondary N) is 2. The molecule has 5 N–H and O–H groups in total. The van der Waals surface area contributed by atoms with Gasteiger partial charge in [0.25, 0.3) is 0 Å². The Hall–Kier alpha value is -3.22. The fourth-order valence-corrected chi connectivity index (χ4v) is 2.79. The number of amidine groups is 1. The molecular weight excluding hydrogens is 358 g/mol. The Kier molecular flexibility index (Phi) is 6.03. The molecule has 28 heavy (non-hydrogen) atoms. The van der Waals surface area contributed by atoms with Gasteiger partial charge in [-0.05, 0) is 67.6 Å². The molecule has 0 heterocycles. The molecule has 7 heteroatoms. The van der Waals surface area contributed by atoms with E-state index in [4.69, 9.17) is 20.6 Å². The highest BCUT2D eigenvalue weighted by atomic mass is 16.5. The van der Waals surface area contributed by atoms with E-state index in [2.05, 4.69) is 5.32 Å². The Morgan fingerprint density at radius 3 is 2.39 bits per heavy atom. The summed E-state index contributed by atoms with van der Waals surface area (Å²) >= 11 is 0. The van der Waals surface area contributed by atoms with Crippen molar-refractivity contribution in [3.05, 3.63) is 53.6 Å². The van der Waals surface area contributed by atoms with E-state index in [0.717, 1.165) is 0 Å². The summed E-state index contributed by atoms with van der Waals surface area (Å²) in [6.07, 6.45) is 2.35. The van der Waals surface area contributed by atoms with Gasteiger partial charge in [-0.1, -0.05) is 0 Å². The van der Waals surface area contributed by atoms with Crippen LogP contribution in [0.5, 0.6) is 11.5 Å². The number of carboxylic acids is 1. The Labute approximate surface area is 164 Å². The van der Waals surface area contributed by atoms with Crippen molar-refractivity contribution in [1.82, 2.24) is 0 Å². The lowest BCUT2D eigenvalue weighted by Gasteiger charge is -2.19. The molecule has 1 fully saturated rings. The molecule has 0 aromatic heterocycles. The van der Waals surface area contributed by atoms with E-state index in [-0.39, 0.29) is 5.84 Å².